The summed E-state index contributed by atoms with van der Waals surface area (Å²) in [6.07, 6.45) is 2.92. The van der Waals surface area contributed by atoms with Gasteiger partial charge < -0.3 is 21.3 Å². The van der Waals surface area contributed by atoms with E-state index in [1.54, 1.807) is 0 Å². The Hall–Kier alpha value is -2.57. The molecule has 7 heteroatoms. The minimum Gasteiger partial charge on any atom is -0.357 e. The number of hydrogen-bond donors (Lipinski definition) is 4. The molecule has 1 unspecified atom stereocenters. The SMILES string of the molecule is CCNC(=NCc1cccc(C(=O)NC(C)CC)c1)NCCNC(=O)C1CC1. The fourth-order valence-corrected chi connectivity index (χ4v) is 2.59. The molecule has 0 aromatic heterocycles. The number of guanidine groups is 1. The Labute approximate surface area is 167 Å². The summed E-state index contributed by atoms with van der Waals surface area (Å²) in [7, 11) is 0. The number of aliphatic imine (C=N–C) groups is 1. The molecule has 1 aromatic rings. The van der Waals surface area contributed by atoms with E-state index >= 15 is 0 Å². The summed E-state index contributed by atoms with van der Waals surface area (Å²) in [5, 5.41) is 12.3. The Morgan fingerprint density at radius 3 is 2.57 bits per heavy atom. The van der Waals surface area contributed by atoms with Gasteiger partial charge in [-0.1, -0.05) is 19.1 Å². The summed E-state index contributed by atoms with van der Waals surface area (Å²) in [5.74, 6) is 1.01. The summed E-state index contributed by atoms with van der Waals surface area (Å²) >= 11 is 0. The molecular formula is C21H33N5O2. The van der Waals surface area contributed by atoms with Crippen LogP contribution in [0.5, 0.6) is 0 Å². The van der Waals surface area contributed by atoms with Gasteiger partial charge in [-0.15, -0.1) is 0 Å². The van der Waals surface area contributed by atoms with Crippen LogP contribution in [0.2, 0.25) is 0 Å². The second-order valence-electron chi connectivity index (χ2n) is 7.17. The lowest BCUT2D eigenvalue weighted by atomic mass is 10.1. The van der Waals surface area contributed by atoms with Gasteiger partial charge in [0, 0.05) is 37.2 Å². The van der Waals surface area contributed by atoms with Crippen molar-refractivity contribution < 1.29 is 9.59 Å². The predicted molar refractivity (Wildman–Crippen MR) is 112 cm³/mol. The molecule has 1 saturated carbocycles. The van der Waals surface area contributed by atoms with Crippen molar-refractivity contribution in [2.45, 2.75) is 52.6 Å². The third-order valence-electron chi connectivity index (χ3n) is 4.61. The Bertz CT molecular complexity index is 685. The molecule has 0 spiro atoms. The Kier molecular flexibility index (Phi) is 8.78. The van der Waals surface area contributed by atoms with Crippen molar-refractivity contribution in [3.05, 3.63) is 35.4 Å². The van der Waals surface area contributed by atoms with Gasteiger partial charge in [-0.25, -0.2) is 4.99 Å². The van der Waals surface area contributed by atoms with Crippen molar-refractivity contribution in [2.75, 3.05) is 19.6 Å². The maximum atomic E-state index is 12.3. The Morgan fingerprint density at radius 2 is 1.89 bits per heavy atom. The van der Waals surface area contributed by atoms with Gasteiger partial charge in [-0.2, -0.15) is 0 Å². The van der Waals surface area contributed by atoms with Gasteiger partial charge in [0.2, 0.25) is 5.91 Å². The van der Waals surface area contributed by atoms with E-state index in [-0.39, 0.29) is 23.8 Å². The van der Waals surface area contributed by atoms with E-state index in [9.17, 15) is 9.59 Å². The Morgan fingerprint density at radius 1 is 1.14 bits per heavy atom. The molecule has 0 saturated heterocycles. The van der Waals surface area contributed by atoms with Crippen molar-refractivity contribution in [3.63, 3.8) is 0 Å². The first-order valence-corrected chi connectivity index (χ1v) is 10.2. The number of hydrogen-bond acceptors (Lipinski definition) is 3. The zero-order chi connectivity index (χ0) is 20.4. The van der Waals surface area contributed by atoms with Gasteiger partial charge >= 0.3 is 0 Å². The first kappa shape index (κ1) is 21.7. The summed E-state index contributed by atoms with van der Waals surface area (Å²) in [6.45, 7) is 8.45. The largest absolute Gasteiger partial charge is 0.357 e. The standard InChI is InChI=1S/C21H33N5O2/c1-4-15(3)26-20(28)18-8-6-7-16(13-18)14-25-21(22-5-2)24-12-11-23-19(27)17-9-10-17/h6-8,13,15,17H,4-5,9-12,14H2,1-3H3,(H,23,27)(H,26,28)(H2,22,24,25). The number of nitrogens with zero attached hydrogens (tertiary/aromatic N) is 1. The van der Waals surface area contributed by atoms with E-state index in [0.29, 0.717) is 31.2 Å². The van der Waals surface area contributed by atoms with Gasteiger partial charge in [-0.3, -0.25) is 9.59 Å². The van der Waals surface area contributed by atoms with Crippen LogP contribution in [0.3, 0.4) is 0 Å². The first-order chi connectivity index (χ1) is 13.5. The van der Waals surface area contributed by atoms with Crippen LogP contribution in [-0.2, 0) is 11.3 Å². The third-order valence-corrected chi connectivity index (χ3v) is 4.61. The molecule has 1 atom stereocenters. The molecule has 0 heterocycles. The number of benzene rings is 1. The van der Waals surface area contributed by atoms with Crippen LogP contribution in [0.1, 0.15) is 56.0 Å². The lowest BCUT2D eigenvalue weighted by Gasteiger charge is -2.13. The monoisotopic (exact) mass is 387 g/mol. The lowest BCUT2D eigenvalue weighted by molar-refractivity contribution is -0.122. The van der Waals surface area contributed by atoms with Crippen molar-refractivity contribution in [2.24, 2.45) is 10.9 Å². The highest BCUT2D eigenvalue weighted by Gasteiger charge is 2.28. The quantitative estimate of drug-likeness (QED) is 0.280. The molecule has 2 rings (SSSR count). The number of carbonyl (C=O) groups is 2. The minimum absolute atomic E-state index is 0.0587. The molecule has 0 aliphatic heterocycles. The van der Waals surface area contributed by atoms with Crippen molar-refractivity contribution in [1.29, 1.82) is 0 Å². The van der Waals surface area contributed by atoms with Gasteiger partial charge in [0.25, 0.3) is 5.91 Å². The zero-order valence-corrected chi connectivity index (χ0v) is 17.2. The Balaban J connectivity index is 1.85. The van der Waals surface area contributed by atoms with Crippen molar-refractivity contribution in [3.8, 4) is 0 Å². The van der Waals surface area contributed by atoms with Crippen LogP contribution >= 0.6 is 0 Å². The molecule has 154 valence electrons. The normalized spacial score (nSPS) is 14.9. The van der Waals surface area contributed by atoms with Crippen molar-refractivity contribution >= 4 is 17.8 Å². The zero-order valence-electron chi connectivity index (χ0n) is 17.2. The van der Waals surface area contributed by atoms with E-state index in [2.05, 4.69) is 26.3 Å². The molecule has 1 aliphatic rings. The average molecular weight is 388 g/mol. The smallest absolute Gasteiger partial charge is 0.251 e. The van der Waals surface area contributed by atoms with Gasteiger partial charge in [0.15, 0.2) is 5.96 Å². The minimum atomic E-state index is -0.0587. The number of amides is 2. The maximum absolute atomic E-state index is 12.3. The first-order valence-electron chi connectivity index (χ1n) is 10.2. The molecule has 0 bridgehead atoms. The van der Waals surface area contributed by atoms with E-state index < -0.39 is 0 Å². The van der Waals surface area contributed by atoms with E-state index in [1.165, 1.54) is 0 Å². The van der Waals surface area contributed by atoms with Crippen LogP contribution in [0.25, 0.3) is 0 Å². The maximum Gasteiger partial charge on any atom is 0.251 e. The summed E-state index contributed by atoms with van der Waals surface area (Å²) in [5.41, 5.74) is 1.62. The highest BCUT2D eigenvalue weighted by Crippen LogP contribution is 2.28. The average Bonchev–Trinajstić information content (AvgIpc) is 3.54. The molecule has 1 aromatic carbocycles. The number of carbonyl (C=O) groups excluding carboxylic acids is 2. The third kappa shape index (κ3) is 7.58. The van der Waals surface area contributed by atoms with Crippen LogP contribution in [0.15, 0.2) is 29.3 Å². The van der Waals surface area contributed by atoms with E-state index in [4.69, 9.17) is 0 Å². The molecule has 28 heavy (non-hydrogen) atoms. The predicted octanol–water partition coefficient (Wildman–Crippen LogP) is 1.80. The van der Waals surface area contributed by atoms with E-state index in [1.807, 2.05) is 45.0 Å². The molecular weight excluding hydrogens is 354 g/mol. The summed E-state index contributed by atoms with van der Waals surface area (Å²) in [6, 6.07) is 7.68. The van der Waals surface area contributed by atoms with Crippen LogP contribution < -0.4 is 21.3 Å². The molecule has 1 aliphatic carbocycles. The van der Waals surface area contributed by atoms with Crippen molar-refractivity contribution in [1.82, 2.24) is 21.3 Å². The fraction of sp³-hybridized carbons (Fsp3) is 0.571. The van der Waals surface area contributed by atoms with Crippen LogP contribution in [0, 0.1) is 5.92 Å². The van der Waals surface area contributed by atoms with Gasteiger partial charge in [-0.05, 0) is 50.8 Å². The lowest BCUT2D eigenvalue weighted by Crippen LogP contribution is -2.41. The summed E-state index contributed by atoms with van der Waals surface area (Å²) in [4.78, 5) is 28.5. The molecule has 7 nitrogen and oxygen atoms in total. The second-order valence-corrected chi connectivity index (χ2v) is 7.17. The molecule has 2 amide bonds. The number of nitrogens with one attached hydrogen (secondary N) is 4. The number of rotatable bonds is 10. The van der Waals surface area contributed by atoms with Gasteiger partial charge in [0.05, 0.1) is 6.54 Å². The van der Waals surface area contributed by atoms with E-state index in [0.717, 1.165) is 31.4 Å². The second kappa shape index (κ2) is 11.3. The fourth-order valence-electron chi connectivity index (χ4n) is 2.59. The topological polar surface area (TPSA) is 94.6 Å². The molecule has 1 fully saturated rings. The molecule has 0 radical (unpaired) electrons. The highest BCUT2D eigenvalue weighted by molar-refractivity contribution is 5.94. The highest BCUT2D eigenvalue weighted by atomic mass is 16.2. The summed E-state index contributed by atoms with van der Waals surface area (Å²) < 4.78 is 0. The van der Waals surface area contributed by atoms with Gasteiger partial charge in [0.1, 0.15) is 0 Å². The van der Waals surface area contributed by atoms with Crippen LogP contribution in [0.4, 0.5) is 0 Å². The van der Waals surface area contributed by atoms with Crippen LogP contribution in [-0.4, -0.2) is 43.5 Å². The molecule has 4 N–H and O–H groups in total.